The van der Waals surface area contributed by atoms with Crippen LogP contribution in [0.1, 0.15) is 22.8 Å². The molecule has 2 aromatic carbocycles. The van der Waals surface area contributed by atoms with Gasteiger partial charge in [0.05, 0.1) is 44.7 Å². The van der Waals surface area contributed by atoms with Gasteiger partial charge in [0.1, 0.15) is 129 Å². The fraction of sp³-hybridized carbons (Fsp3) is 0.776. The number of aliphatic hydroxyl groups excluding tert-OH is 1. The Hall–Kier alpha value is -3.05. The lowest BCUT2D eigenvalue weighted by atomic mass is 9.94. The van der Waals surface area contributed by atoms with Gasteiger partial charge in [0.25, 0.3) is 0 Å². The van der Waals surface area contributed by atoms with Crippen LogP contribution in [0.2, 0.25) is 0 Å². The van der Waals surface area contributed by atoms with Crippen LogP contribution in [0.25, 0.3) is 0 Å². The minimum absolute atomic E-state index is 0.0203. The summed E-state index contributed by atoms with van der Waals surface area (Å²) in [6.45, 7) is 2.05. The van der Waals surface area contributed by atoms with Gasteiger partial charge < -0.3 is 119 Å². The summed E-state index contributed by atoms with van der Waals surface area (Å²) < 4.78 is 151. The molecule has 5 heterocycles. The Morgan fingerprint density at radius 3 is 1.08 bits per heavy atom. The fourth-order valence-electron chi connectivity index (χ4n) is 11.8. The highest BCUT2D eigenvalue weighted by Crippen LogP contribution is 2.40. The maximum absolute atomic E-state index is 13.0. The molecule has 1 N–H and O–H groups in total. The Balaban J connectivity index is 1.09. The Labute approximate surface area is 492 Å². The molecule has 0 aromatic heterocycles. The van der Waals surface area contributed by atoms with Crippen LogP contribution in [-0.2, 0) is 120 Å². The molecule has 5 saturated heterocycles. The SMILES string of the molecule is COCC1O[C@@H](O[C@H]2C(OC)C(OC)[C@H](O[C@H]3C(OC)C(OC)[C@H](O[C@@H]4C(COCc5ccccc5)O[C@@H](C)C(OC)[C@H]4OC)O[C@H]3COC)O[C@H]2COC)C(OC)[C@@H](OC)[C@@H]1O[C@H]1OC(COC(=O)c2ccccc2)[C@@H](O)[C@H](OC)C1OC. The molecule has 5 aliphatic rings. The van der Waals surface area contributed by atoms with Gasteiger partial charge in [0.15, 0.2) is 25.2 Å². The van der Waals surface area contributed by atoms with E-state index in [1.165, 1.54) is 71.1 Å². The van der Waals surface area contributed by atoms with Crippen molar-refractivity contribution in [2.45, 2.75) is 167 Å². The van der Waals surface area contributed by atoms with E-state index in [1.807, 2.05) is 37.3 Å². The average molecular weight is 1200 g/mol. The third-order valence-corrected chi connectivity index (χ3v) is 15.9. The topological polar surface area (TPSA) is 259 Å². The lowest BCUT2D eigenvalue weighted by molar-refractivity contribution is -0.397. The molecule has 0 aliphatic carbocycles. The second kappa shape index (κ2) is 34.1. The van der Waals surface area contributed by atoms with Crippen LogP contribution in [0.15, 0.2) is 60.7 Å². The molecule has 26 heteroatoms. The minimum Gasteiger partial charge on any atom is -0.459 e. The van der Waals surface area contributed by atoms with E-state index in [9.17, 15) is 9.90 Å². The maximum atomic E-state index is 13.0. The highest BCUT2D eigenvalue weighted by Gasteiger charge is 2.59. The second-order valence-electron chi connectivity index (χ2n) is 20.8. The number of benzene rings is 2. The van der Waals surface area contributed by atoms with E-state index >= 15 is 0 Å². The van der Waals surface area contributed by atoms with Gasteiger partial charge in [0.2, 0.25) is 0 Å². The molecule has 5 aliphatic heterocycles. The summed E-state index contributed by atoms with van der Waals surface area (Å²) in [5.74, 6) is -0.610. The smallest absolute Gasteiger partial charge is 0.338 e. The molecule has 7 rings (SSSR count). The molecular formula is C58H90O26. The first-order valence-electron chi connectivity index (χ1n) is 28.0. The number of esters is 1. The number of carbonyl (C=O) groups excluding carboxylic acids is 1. The number of hydrogen-bond donors (Lipinski definition) is 1. The Bertz CT molecular complexity index is 2160. The number of hydrogen-bond acceptors (Lipinski definition) is 26. The largest absolute Gasteiger partial charge is 0.459 e. The molecule has 0 spiro atoms. The van der Waals surface area contributed by atoms with Crippen molar-refractivity contribution in [3.05, 3.63) is 71.8 Å². The van der Waals surface area contributed by atoms with Crippen LogP contribution >= 0.6 is 0 Å². The molecular weight excluding hydrogens is 1110 g/mol. The van der Waals surface area contributed by atoms with E-state index in [0.29, 0.717) is 12.2 Å². The van der Waals surface area contributed by atoms with Gasteiger partial charge in [-0.15, -0.1) is 0 Å². The van der Waals surface area contributed by atoms with Gasteiger partial charge in [-0.05, 0) is 24.6 Å². The molecule has 26 nitrogen and oxygen atoms in total. The normalized spacial score (nSPS) is 39.2. The number of methoxy groups -OCH3 is 13. The van der Waals surface area contributed by atoms with Crippen molar-refractivity contribution in [1.82, 2.24) is 0 Å². The van der Waals surface area contributed by atoms with Crippen LogP contribution < -0.4 is 0 Å². The summed E-state index contributed by atoms with van der Waals surface area (Å²) in [6, 6.07) is 18.3. The molecule has 84 heavy (non-hydrogen) atoms. The molecule has 0 bridgehead atoms. The Kier molecular flexibility index (Phi) is 27.8. The zero-order valence-corrected chi connectivity index (χ0v) is 50.6. The van der Waals surface area contributed by atoms with E-state index in [2.05, 4.69) is 0 Å². The van der Waals surface area contributed by atoms with E-state index < -0.39 is 153 Å². The summed E-state index contributed by atoms with van der Waals surface area (Å²) in [5, 5.41) is 11.4. The minimum atomic E-state index is -1.29. The second-order valence-corrected chi connectivity index (χ2v) is 20.8. The van der Waals surface area contributed by atoms with Crippen LogP contribution in [0, 0.1) is 0 Å². The number of carbonyl (C=O) groups is 1. The lowest BCUT2D eigenvalue weighted by Gasteiger charge is -2.52. The van der Waals surface area contributed by atoms with Gasteiger partial charge in [-0.3, -0.25) is 0 Å². The summed E-state index contributed by atoms with van der Waals surface area (Å²) in [6.07, 6.45) is -23.2. The van der Waals surface area contributed by atoms with Crippen molar-refractivity contribution in [3.8, 4) is 0 Å². The standard InChI is InChI=1S/C58H90O26/c1-31-40(64-5)46(66-7)44(38(76-31)29-74-25-32-21-17-15-18-22-32)84-58-53(73-14)49(69-10)43(37(80-58)28-63-4)83-57-52(72-13)48(68-9)42(36(79-57)27-62-3)82-56-51(71-12)47(67-8)41(35(78-56)26-61-2)81-55-50(70-11)45(65-6)39(59)34(77-55)30-75-54(60)33-23-19-16-20-24-33/h15-24,31,34-53,55-59H,25-30H2,1-14H3/t31-,34?,35?,36-,37-,38?,39+,40?,41+,42+,43+,44+,45-,46+,47-,48?,49?,50?,51?,52?,53?,55+,56-,57-,58-/m0/s1. The first-order chi connectivity index (χ1) is 40.8. The molecule has 0 saturated carbocycles. The van der Waals surface area contributed by atoms with Crippen molar-refractivity contribution in [3.63, 3.8) is 0 Å². The average Bonchev–Trinajstić information content (AvgIpc) is 3.53. The number of aliphatic hydroxyl groups is 1. The molecule has 478 valence electrons. The number of rotatable bonds is 31. The summed E-state index contributed by atoms with van der Waals surface area (Å²) in [5.41, 5.74) is 1.32. The zero-order chi connectivity index (χ0) is 60.5. The first kappa shape index (κ1) is 68.4. The fourth-order valence-corrected chi connectivity index (χ4v) is 11.8. The first-order valence-corrected chi connectivity index (χ1v) is 28.0. The summed E-state index contributed by atoms with van der Waals surface area (Å²) in [4.78, 5) is 13.0. The van der Waals surface area contributed by atoms with E-state index in [4.69, 9.17) is 114 Å². The third kappa shape index (κ3) is 16.0. The van der Waals surface area contributed by atoms with Crippen molar-refractivity contribution < 1.29 is 124 Å². The molecule has 0 amide bonds. The monoisotopic (exact) mass is 1200 g/mol. The van der Waals surface area contributed by atoms with Gasteiger partial charge >= 0.3 is 5.97 Å². The van der Waals surface area contributed by atoms with Crippen molar-refractivity contribution in [2.75, 3.05) is 125 Å². The van der Waals surface area contributed by atoms with Gasteiger partial charge in [-0.2, -0.15) is 0 Å². The van der Waals surface area contributed by atoms with Gasteiger partial charge in [-0.25, -0.2) is 4.79 Å². The van der Waals surface area contributed by atoms with Crippen LogP contribution in [-0.4, -0.2) is 290 Å². The highest BCUT2D eigenvalue weighted by atomic mass is 16.8. The number of ether oxygens (including phenoxy) is 24. The van der Waals surface area contributed by atoms with Crippen LogP contribution in [0.5, 0.6) is 0 Å². The van der Waals surface area contributed by atoms with Crippen molar-refractivity contribution >= 4 is 5.97 Å². The van der Waals surface area contributed by atoms with E-state index in [0.717, 1.165) is 5.56 Å². The lowest BCUT2D eigenvalue weighted by Crippen LogP contribution is -2.69. The van der Waals surface area contributed by atoms with Gasteiger partial charge in [0, 0.05) is 92.4 Å². The van der Waals surface area contributed by atoms with Crippen molar-refractivity contribution in [2.24, 2.45) is 0 Å². The maximum Gasteiger partial charge on any atom is 0.338 e. The molecule has 0 radical (unpaired) electrons. The van der Waals surface area contributed by atoms with E-state index in [1.54, 1.807) is 51.7 Å². The van der Waals surface area contributed by atoms with Crippen LogP contribution in [0.4, 0.5) is 0 Å². The zero-order valence-electron chi connectivity index (χ0n) is 50.6. The predicted octanol–water partition coefficient (Wildman–Crippen LogP) is 1.74. The summed E-state index contributed by atoms with van der Waals surface area (Å²) >= 11 is 0. The predicted molar refractivity (Wildman–Crippen MR) is 291 cm³/mol. The van der Waals surface area contributed by atoms with Crippen LogP contribution in [0.3, 0.4) is 0 Å². The summed E-state index contributed by atoms with van der Waals surface area (Å²) in [7, 11) is 19.6. The van der Waals surface area contributed by atoms with Crippen molar-refractivity contribution in [1.29, 1.82) is 0 Å². The van der Waals surface area contributed by atoms with Gasteiger partial charge in [-0.1, -0.05) is 48.5 Å². The Morgan fingerprint density at radius 2 is 0.714 bits per heavy atom. The molecule has 10 unspecified atom stereocenters. The molecule has 2 aromatic rings. The quantitative estimate of drug-likeness (QED) is 0.105. The Morgan fingerprint density at radius 1 is 0.381 bits per heavy atom. The molecule has 25 atom stereocenters. The van der Waals surface area contributed by atoms with E-state index in [-0.39, 0.29) is 39.1 Å². The third-order valence-electron chi connectivity index (χ3n) is 15.9. The highest BCUT2D eigenvalue weighted by molar-refractivity contribution is 5.89. The molecule has 5 fully saturated rings.